The van der Waals surface area contributed by atoms with Crippen molar-refractivity contribution in [2.24, 2.45) is 0 Å². The molecule has 2 rings (SSSR count). The molecule has 0 saturated heterocycles. The third-order valence-electron chi connectivity index (χ3n) is 2.27. The van der Waals surface area contributed by atoms with E-state index in [0.717, 1.165) is 21.5 Å². The van der Waals surface area contributed by atoms with Crippen molar-refractivity contribution in [1.29, 1.82) is 0 Å². The summed E-state index contributed by atoms with van der Waals surface area (Å²) in [6, 6.07) is 5.94. The third kappa shape index (κ3) is 1.79. The summed E-state index contributed by atoms with van der Waals surface area (Å²) in [6.07, 6.45) is 0. The van der Waals surface area contributed by atoms with Gasteiger partial charge in [0.2, 0.25) is 5.28 Å². The molecular formula is C10H9BrClN3. The standard InChI is InChI=1S/C10H9BrClN3/c1-6-8(11)4-3-5-9(6)15-7(2)13-14-10(15)12/h3-5H,1-2H3. The molecule has 0 fully saturated rings. The molecule has 0 radical (unpaired) electrons. The van der Waals surface area contributed by atoms with Gasteiger partial charge in [-0.25, -0.2) is 0 Å². The summed E-state index contributed by atoms with van der Waals surface area (Å²) in [7, 11) is 0. The van der Waals surface area contributed by atoms with Crippen LogP contribution >= 0.6 is 27.5 Å². The summed E-state index contributed by atoms with van der Waals surface area (Å²) in [4.78, 5) is 0. The second kappa shape index (κ2) is 3.94. The predicted molar refractivity (Wildman–Crippen MR) is 63.5 cm³/mol. The number of benzene rings is 1. The van der Waals surface area contributed by atoms with Gasteiger partial charge in [-0.05, 0) is 43.1 Å². The highest BCUT2D eigenvalue weighted by Gasteiger charge is 2.11. The Morgan fingerprint density at radius 3 is 2.60 bits per heavy atom. The van der Waals surface area contributed by atoms with E-state index in [1.807, 2.05) is 36.6 Å². The van der Waals surface area contributed by atoms with Crippen LogP contribution in [0.1, 0.15) is 11.4 Å². The number of nitrogens with zero attached hydrogens (tertiary/aromatic N) is 3. The summed E-state index contributed by atoms with van der Waals surface area (Å²) < 4.78 is 2.87. The molecule has 0 unspecified atom stereocenters. The van der Waals surface area contributed by atoms with Crippen LogP contribution in [0.15, 0.2) is 22.7 Å². The van der Waals surface area contributed by atoms with Crippen LogP contribution in [-0.4, -0.2) is 14.8 Å². The van der Waals surface area contributed by atoms with E-state index in [2.05, 4.69) is 26.1 Å². The van der Waals surface area contributed by atoms with E-state index in [0.29, 0.717) is 5.28 Å². The molecule has 3 nitrogen and oxygen atoms in total. The van der Waals surface area contributed by atoms with Crippen molar-refractivity contribution in [2.45, 2.75) is 13.8 Å². The lowest BCUT2D eigenvalue weighted by Crippen LogP contribution is -2.00. The molecule has 15 heavy (non-hydrogen) atoms. The van der Waals surface area contributed by atoms with Crippen LogP contribution in [0.4, 0.5) is 0 Å². The van der Waals surface area contributed by atoms with Gasteiger partial charge >= 0.3 is 0 Å². The van der Waals surface area contributed by atoms with Gasteiger partial charge < -0.3 is 0 Å². The highest BCUT2D eigenvalue weighted by Crippen LogP contribution is 2.25. The molecule has 1 heterocycles. The molecule has 0 saturated carbocycles. The topological polar surface area (TPSA) is 30.7 Å². The minimum absolute atomic E-state index is 0.383. The number of aromatic nitrogens is 3. The highest BCUT2D eigenvalue weighted by atomic mass is 79.9. The summed E-state index contributed by atoms with van der Waals surface area (Å²) >= 11 is 9.46. The van der Waals surface area contributed by atoms with E-state index in [4.69, 9.17) is 11.6 Å². The zero-order valence-corrected chi connectivity index (χ0v) is 10.7. The maximum atomic E-state index is 5.98. The Labute approximate surface area is 101 Å². The van der Waals surface area contributed by atoms with Crippen molar-refractivity contribution in [3.8, 4) is 5.69 Å². The molecule has 0 amide bonds. The van der Waals surface area contributed by atoms with Crippen molar-refractivity contribution >= 4 is 27.5 Å². The fraction of sp³-hybridized carbons (Fsp3) is 0.200. The van der Waals surface area contributed by atoms with Crippen molar-refractivity contribution in [3.05, 3.63) is 39.3 Å². The van der Waals surface area contributed by atoms with Crippen LogP contribution in [0.3, 0.4) is 0 Å². The normalized spacial score (nSPS) is 10.7. The van der Waals surface area contributed by atoms with Crippen molar-refractivity contribution < 1.29 is 0 Å². The summed E-state index contributed by atoms with van der Waals surface area (Å²) in [5.41, 5.74) is 2.11. The summed E-state index contributed by atoms with van der Waals surface area (Å²) in [6.45, 7) is 3.90. The van der Waals surface area contributed by atoms with E-state index in [9.17, 15) is 0 Å². The second-order valence-corrected chi connectivity index (χ2v) is 4.43. The molecule has 0 aliphatic heterocycles. The molecule has 5 heteroatoms. The molecule has 0 aliphatic carbocycles. The number of hydrogen-bond donors (Lipinski definition) is 0. The molecule has 0 N–H and O–H groups in total. The Morgan fingerprint density at radius 1 is 1.27 bits per heavy atom. The van der Waals surface area contributed by atoms with E-state index in [1.165, 1.54) is 0 Å². The fourth-order valence-corrected chi connectivity index (χ4v) is 2.06. The van der Waals surface area contributed by atoms with Crippen LogP contribution in [0, 0.1) is 13.8 Å². The number of hydrogen-bond acceptors (Lipinski definition) is 2. The van der Waals surface area contributed by atoms with Crippen LogP contribution in [0.25, 0.3) is 5.69 Å². The summed E-state index contributed by atoms with van der Waals surface area (Å²) in [5, 5.41) is 8.14. The molecule has 0 aliphatic rings. The van der Waals surface area contributed by atoms with Gasteiger partial charge in [-0.3, -0.25) is 4.57 Å². The number of aryl methyl sites for hydroxylation is 1. The first kappa shape index (κ1) is 10.6. The SMILES string of the molecule is Cc1c(Br)cccc1-n1c(C)nnc1Cl. The lowest BCUT2D eigenvalue weighted by atomic mass is 10.2. The largest absolute Gasteiger partial charge is 0.270 e. The van der Waals surface area contributed by atoms with E-state index in [1.54, 1.807) is 0 Å². The molecule has 1 aromatic heterocycles. The van der Waals surface area contributed by atoms with Crippen molar-refractivity contribution in [2.75, 3.05) is 0 Å². The molecule has 2 aromatic rings. The van der Waals surface area contributed by atoms with Crippen LogP contribution < -0.4 is 0 Å². The molecule has 78 valence electrons. The van der Waals surface area contributed by atoms with Crippen LogP contribution in [0.2, 0.25) is 5.28 Å². The molecule has 0 bridgehead atoms. The monoisotopic (exact) mass is 285 g/mol. The zero-order valence-electron chi connectivity index (χ0n) is 8.33. The Hall–Kier alpha value is -0.870. The molecular weight excluding hydrogens is 277 g/mol. The Balaban J connectivity index is 2.69. The van der Waals surface area contributed by atoms with E-state index in [-0.39, 0.29) is 0 Å². The first-order valence-electron chi connectivity index (χ1n) is 4.44. The minimum Gasteiger partial charge on any atom is -0.270 e. The Bertz CT molecular complexity index is 488. The van der Waals surface area contributed by atoms with E-state index >= 15 is 0 Å². The quantitative estimate of drug-likeness (QED) is 0.805. The van der Waals surface area contributed by atoms with Gasteiger partial charge in [0.05, 0.1) is 5.69 Å². The average molecular weight is 287 g/mol. The lowest BCUT2D eigenvalue weighted by molar-refractivity contribution is 0.959. The summed E-state index contributed by atoms with van der Waals surface area (Å²) in [5.74, 6) is 0.779. The van der Waals surface area contributed by atoms with Gasteiger partial charge in [0, 0.05) is 4.47 Å². The van der Waals surface area contributed by atoms with Gasteiger partial charge in [-0.1, -0.05) is 22.0 Å². The number of rotatable bonds is 1. The highest BCUT2D eigenvalue weighted by molar-refractivity contribution is 9.10. The third-order valence-corrected chi connectivity index (χ3v) is 3.37. The Kier molecular flexibility index (Phi) is 2.80. The predicted octanol–water partition coefficient (Wildman–Crippen LogP) is 3.30. The Morgan fingerprint density at radius 2 is 2.00 bits per heavy atom. The van der Waals surface area contributed by atoms with Gasteiger partial charge in [-0.15, -0.1) is 10.2 Å². The minimum atomic E-state index is 0.383. The zero-order chi connectivity index (χ0) is 11.0. The van der Waals surface area contributed by atoms with Crippen molar-refractivity contribution in [3.63, 3.8) is 0 Å². The second-order valence-electron chi connectivity index (χ2n) is 3.24. The van der Waals surface area contributed by atoms with Gasteiger partial charge in [0.25, 0.3) is 0 Å². The van der Waals surface area contributed by atoms with Gasteiger partial charge in [0.1, 0.15) is 5.82 Å². The molecule has 0 spiro atoms. The fourth-order valence-electron chi connectivity index (χ4n) is 1.45. The average Bonchev–Trinajstić information content (AvgIpc) is 2.52. The van der Waals surface area contributed by atoms with Gasteiger partial charge in [0.15, 0.2) is 0 Å². The van der Waals surface area contributed by atoms with Crippen LogP contribution in [-0.2, 0) is 0 Å². The maximum Gasteiger partial charge on any atom is 0.229 e. The molecule has 0 atom stereocenters. The first-order valence-corrected chi connectivity index (χ1v) is 5.61. The smallest absolute Gasteiger partial charge is 0.229 e. The maximum absolute atomic E-state index is 5.98. The van der Waals surface area contributed by atoms with Crippen LogP contribution in [0.5, 0.6) is 0 Å². The van der Waals surface area contributed by atoms with Gasteiger partial charge in [-0.2, -0.15) is 0 Å². The first-order chi connectivity index (χ1) is 7.11. The van der Waals surface area contributed by atoms with Crippen molar-refractivity contribution in [1.82, 2.24) is 14.8 Å². The van der Waals surface area contributed by atoms with E-state index < -0.39 is 0 Å². The molecule has 1 aromatic carbocycles. The number of halogens is 2. The lowest BCUT2D eigenvalue weighted by Gasteiger charge is -2.09.